The summed E-state index contributed by atoms with van der Waals surface area (Å²) in [5.41, 5.74) is 1.81. The molecular formula is C17H28N2. The van der Waals surface area contributed by atoms with Crippen LogP contribution >= 0.6 is 0 Å². The first-order valence-electron chi connectivity index (χ1n) is 7.55. The minimum atomic E-state index is 0.360. The summed E-state index contributed by atoms with van der Waals surface area (Å²) < 4.78 is 0. The van der Waals surface area contributed by atoms with Crippen LogP contribution in [0.4, 0.5) is 0 Å². The molecule has 0 amide bonds. The van der Waals surface area contributed by atoms with Gasteiger partial charge in [0.15, 0.2) is 0 Å². The molecule has 1 N–H and O–H groups in total. The molecule has 1 aromatic carbocycles. The lowest BCUT2D eigenvalue weighted by molar-refractivity contribution is 0.0469. The van der Waals surface area contributed by atoms with Crippen LogP contribution in [0.2, 0.25) is 0 Å². The third-order valence-electron chi connectivity index (χ3n) is 4.51. The lowest BCUT2D eigenvalue weighted by Gasteiger charge is -2.46. The zero-order chi connectivity index (χ0) is 13.7. The van der Waals surface area contributed by atoms with Crippen molar-refractivity contribution in [2.45, 2.75) is 38.6 Å². The molecule has 1 heterocycles. The van der Waals surface area contributed by atoms with Gasteiger partial charge in [-0.25, -0.2) is 0 Å². The van der Waals surface area contributed by atoms with Crippen molar-refractivity contribution in [3.05, 3.63) is 35.9 Å². The molecule has 2 nitrogen and oxygen atoms in total. The molecule has 1 atom stereocenters. The minimum absolute atomic E-state index is 0.360. The fraction of sp³-hybridized carbons (Fsp3) is 0.647. The molecule has 0 radical (unpaired) electrons. The fourth-order valence-electron chi connectivity index (χ4n) is 3.12. The van der Waals surface area contributed by atoms with E-state index in [9.17, 15) is 0 Å². The molecular weight excluding hydrogens is 232 g/mol. The van der Waals surface area contributed by atoms with Crippen LogP contribution in [-0.4, -0.2) is 37.1 Å². The smallest absolute Gasteiger partial charge is 0.0153 e. The van der Waals surface area contributed by atoms with Crippen LogP contribution < -0.4 is 5.32 Å². The number of benzene rings is 1. The van der Waals surface area contributed by atoms with E-state index >= 15 is 0 Å². The number of hydrogen-bond acceptors (Lipinski definition) is 2. The molecule has 1 saturated heterocycles. The Morgan fingerprint density at radius 3 is 2.68 bits per heavy atom. The van der Waals surface area contributed by atoms with Gasteiger partial charge < -0.3 is 5.32 Å². The van der Waals surface area contributed by atoms with E-state index in [2.05, 4.69) is 61.4 Å². The number of nitrogens with zero attached hydrogens (tertiary/aromatic N) is 1. The topological polar surface area (TPSA) is 15.3 Å². The first-order valence-corrected chi connectivity index (χ1v) is 7.55. The third-order valence-corrected chi connectivity index (χ3v) is 4.51. The van der Waals surface area contributed by atoms with Gasteiger partial charge in [-0.3, -0.25) is 4.90 Å². The molecule has 2 heteroatoms. The van der Waals surface area contributed by atoms with Crippen molar-refractivity contribution in [3.63, 3.8) is 0 Å². The Kier molecular flexibility index (Phi) is 5.00. The molecule has 0 saturated carbocycles. The summed E-state index contributed by atoms with van der Waals surface area (Å²) in [5, 5.41) is 3.33. The molecule has 1 aromatic rings. The molecule has 0 aliphatic carbocycles. The average molecular weight is 260 g/mol. The monoisotopic (exact) mass is 260 g/mol. The first-order chi connectivity index (χ1) is 9.12. The largest absolute Gasteiger partial charge is 0.319 e. The predicted octanol–water partition coefficient (Wildman–Crippen LogP) is 2.94. The quantitative estimate of drug-likeness (QED) is 0.875. The van der Waals surface area contributed by atoms with Crippen molar-refractivity contribution < 1.29 is 0 Å². The Morgan fingerprint density at radius 2 is 2.00 bits per heavy atom. The van der Waals surface area contributed by atoms with Crippen LogP contribution in [0.15, 0.2) is 30.3 Å². The van der Waals surface area contributed by atoms with Crippen molar-refractivity contribution in [1.82, 2.24) is 10.2 Å². The van der Waals surface area contributed by atoms with Crippen LogP contribution in [0.1, 0.15) is 32.3 Å². The fourth-order valence-corrected chi connectivity index (χ4v) is 3.12. The average Bonchev–Trinajstić information content (AvgIpc) is 2.41. The Hall–Kier alpha value is -0.860. The molecule has 2 rings (SSSR count). The summed E-state index contributed by atoms with van der Waals surface area (Å²) in [7, 11) is 2.06. The van der Waals surface area contributed by atoms with E-state index in [1.54, 1.807) is 0 Å². The molecule has 0 bridgehead atoms. The van der Waals surface area contributed by atoms with Crippen LogP contribution in [0.5, 0.6) is 0 Å². The molecule has 1 aliphatic heterocycles. The van der Waals surface area contributed by atoms with Crippen LogP contribution in [-0.2, 0) is 6.42 Å². The maximum atomic E-state index is 3.33. The molecule has 19 heavy (non-hydrogen) atoms. The van der Waals surface area contributed by atoms with Gasteiger partial charge in [0.05, 0.1) is 0 Å². The molecule has 0 spiro atoms. The third kappa shape index (κ3) is 4.05. The van der Waals surface area contributed by atoms with Crippen LogP contribution in [0.25, 0.3) is 0 Å². The SMILES string of the molecule is CNCC1CCC(C)(C)N(CCc2ccccc2)C1. The van der Waals surface area contributed by atoms with Gasteiger partial charge in [0.2, 0.25) is 0 Å². The normalized spacial score (nSPS) is 23.4. The summed E-state index contributed by atoms with van der Waals surface area (Å²) in [4.78, 5) is 2.69. The van der Waals surface area contributed by atoms with Gasteiger partial charge in [0.25, 0.3) is 0 Å². The van der Waals surface area contributed by atoms with Crippen molar-refractivity contribution in [1.29, 1.82) is 0 Å². The van der Waals surface area contributed by atoms with Crippen LogP contribution in [0.3, 0.4) is 0 Å². The lowest BCUT2D eigenvalue weighted by Crippen LogP contribution is -2.52. The highest BCUT2D eigenvalue weighted by Gasteiger charge is 2.33. The van der Waals surface area contributed by atoms with Gasteiger partial charge in [0.1, 0.15) is 0 Å². The number of likely N-dealkylation sites (tertiary alicyclic amines) is 1. The van der Waals surface area contributed by atoms with E-state index in [0.717, 1.165) is 18.9 Å². The van der Waals surface area contributed by atoms with Gasteiger partial charge in [-0.05, 0) is 58.2 Å². The summed E-state index contributed by atoms with van der Waals surface area (Å²) in [5.74, 6) is 0.814. The zero-order valence-corrected chi connectivity index (χ0v) is 12.7. The number of rotatable bonds is 5. The van der Waals surface area contributed by atoms with Crippen molar-refractivity contribution in [2.24, 2.45) is 5.92 Å². The Bertz CT molecular complexity index is 372. The molecule has 1 aliphatic rings. The lowest BCUT2D eigenvalue weighted by atomic mass is 9.84. The Balaban J connectivity index is 1.92. The molecule has 1 unspecified atom stereocenters. The van der Waals surface area contributed by atoms with Crippen molar-refractivity contribution in [2.75, 3.05) is 26.7 Å². The summed E-state index contributed by atoms with van der Waals surface area (Å²) in [6.07, 6.45) is 3.83. The highest BCUT2D eigenvalue weighted by atomic mass is 15.2. The second-order valence-corrected chi connectivity index (χ2v) is 6.46. The first kappa shape index (κ1) is 14.5. The summed E-state index contributed by atoms with van der Waals surface area (Å²) >= 11 is 0. The predicted molar refractivity (Wildman–Crippen MR) is 82.4 cm³/mol. The zero-order valence-electron chi connectivity index (χ0n) is 12.7. The standard InChI is InChI=1S/C17H28N2/c1-17(2)11-9-16(13-18-3)14-19(17)12-10-15-7-5-4-6-8-15/h4-8,16,18H,9-14H2,1-3H3. The maximum absolute atomic E-state index is 3.33. The number of nitrogens with one attached hydrogen (secondary N) is 1. The van der Waals surface area contributed by atoms with Gasteiger partial charge >= 0.3 is 0 Å². The highest BCUT2D eigenvalue weighted by Crippen LogP contribution is 2.30. The number of piperidine rings is 1. The van der Waals surface area contributed by atoms with E-state index in [0.29, 0.717) is 5.54 Å². The van der Waals surface area contributed by atoms with E-state index in [-0.39, 0.29) is 0 Å². The van der Waals surface area contributed by atoms with Crippen molar-refractivity contribution >= 4 is 0 Å². The molecule has 106 valence electrons. The van der Waals surface area contributed by atoms with E-state index in [1.165, 1.54) is 31.5 Å². The summed E-state index contributed by atoms with van der Waals surface area (Å²) in [6, 6.07) is 10.8. The Labute approximate surface area is 118 Å². The maximum Gasteiger partial charge on any atom is 0.0153 e. The highest BCUT2D eigenvalue weighted by molar-refractivity contribution is 5.15. The molecule has 1 fully saturated rings. The van der Waals surface area contributed by atoms with Gasteiger partial charge in [0, 0.05) is 18.6 Å². The summed E-state index contributed by atoms with van der Waals surface area (Å²) in [6.45, 7) is 8.36. The number of hydrogen-bond donors (Lipinski definition) is 1. The van der Waals surface area contributed by atoms with E-state index in [1.807, 2.05) is 0 Å². The van der Waals surface area contributed by atoms with Crippen LogP contribution in [0, 0.1) is 5.92 Å². The van der Waals surface area contributed by atoms with Gasteiger partial charge in [-0.2, -0.15) is 0 Å². The minimum Gasteiger partial charge on any atom is -0.319 e. The van der Waals surface area contributed by atoms with E-state index in [4.69, 9.17) is 0 Å². The molecule has 0 aromatic heterocycles. The van der Waals surface area contributed by atoms with Gasteiger partial charge in [-0.15, -0.1) is 0 Å². The van der Waals surface area contributed by atoms with E-state index < -0.39 is 0 Å². The second kappa shape index (κ2) is 6.53. The second-order valence-electron chi connectivity index (χ2n) is 6.46. The Morgan fingerprint density at radius 1 is 1.26 bits per heavy atom. The van der Waals surface area contributed by atoms with Crippen molar-refractivity contribution in [3.8, 4) is 0 Å². The van der Waals surface area contributed by atoms with Gasteiger partial charge in [-0.1, -0.05) is 30.3 Å².